The van der Waals surface area contributed by atoms with E-state index in [1.54, 1.807) is 0 Å². The summed E-state index contributed by atoms with van der Waals surface area (Å²) >= 11 is 3.44. The molecule has 128 valence electrons. The predicted molar refractivity (Wildman–Crippen MR) is 88.8 cm³/mol. The molecule has 0 atom stereocenters. The van der Waals surface area contributed by atoms with Crippen molar-refractivity contribution in [3.8, 4) is 5.75 Å². The summed E-state index contributed by atoms with van der Waals surface area (Å²) in [6, 6.07) is 8.00. The highest BCUT2D eigenvalue weighted by atomic mass is 79.9. The third kappa shape index (κ3) is 9.17. The summed E-state index contributed by atoms with van der Waals surface area (Å²) in [5.41, 5.74) is 0. The van der Waals surface area contributed by atoms with Crippen LogP contribution in [0.5, 0.6) is 5.75 Å². The van der Waals surface area contributed by atoms with Gasteiger partial charge in [0, 0.05) is 37.2 Å². The first-order valence-corrected chi connectivity index (χ1v) is 8.06. The third-order valence-electron chi connectivity index (χ3n) is 3.08. The molecule has 0 aliphatic carbocycles. The normalized spacial score (nSPS) is 14.5. The number of carboxylic acid groups (broad SMARTS) is 2. The van der Waals surface area contributed by atoms with Crippen molar-refractivity contribution in [2.75, 3.05) is 39.3 Å². The number of nitrogens with one attached hydrogen (secondary N) is 1. The van der Waals surface area contributed by atoms with Crippen molar-refractivity contribution in [3.63, 3.8) is 0 Å². The van der Waals surface area contributed by atoms with Gasteiger partial charge in [-0.1, -0.05) is 22.0 Å². The van der Waals surface area contributed by atoms with E-state index in [-0.39, 0.29) is 0 Å². The summed E-state index contributed by atoms with van der Waals surface area (Å²) in [6.45, 7) is 6.49. The van der Waals surface area contributed by atoms with Gasteiger partial charge in [-0.25, -0.2) is 9.59 Å². The highest BCUT2D eigenvalue weighted by Crippen LogP contribution is 2.17. The zero-order valence-electron chi connectivity index (χ0n) is 12.7. The van der Waals surface area contributed by atoms with Gasteiger partial charge in [0.15, 0.2) is 0 Å². The highest BCUT2D eigenvalue weighted by Gasteiger charge is 2.08. The molecule has 1 fully saturated rings. The summed E-state index contributed by atoms with van der Waals surface area (Å²) in [5, 5.41) is 18.1. The van der Waals surface area contributed by atoms with Crippen LogP contribution in [0.4, 0.5) is 0 Å². The van der Waals surface area contributed by atoms with E-state index in [2.05, 4.69) is 26.1 Å². The molecule has 8 heteroatoms. The van der Waals surface area contributed by atoms with Crippen molar-refractivity contribution >= 4 is 27.9 Å². The fourth-order valence-corrected chi connectivity index (χ4v) is 2.35. The van der Waals surface area contributed by atoms with E-state index in [0.29, 0.717) is 0 Å². The SMILES string of the molecule is Brc1cccc(OCCCN2CCNCC2)c1.O=C(O)C(=O)O. The lowest BCUT2D eigenvalue weighted by Gasteiger charge is -2.26. The minimum Gasteiger partial charge on any atom is -0.494 e. The molecule has 1 aliphatic heterocycles. The molecule has 23 heavy (non-hydrogen) atoms. The Bertz CT molecular complexity index is 494. The highest BCUT2D eigenvalue weighted by molar-refractivity contribution is 9.10. The van der Waals surface area contributed by atoms with Crippen molar-refractivity contribution in [2.24, 2.45) is 0 Å². The Morgan fingerprint density at radius 3 is 2.43 bits per heavy atom. The second kappa shape index (κ2) is 11.0. The molecule has 2 rings (SSSR count). The quantitative estimate of drug-likeness (QED) is 0.515. The van der Waals surface area contributed by atoms with E-state index < -0.39 is 11.9 Å². The summed E-state index contributed by atoms with van der Waals surface area (Å²) < 4.78 is 6.77. The number of halogens is 1. The fraction of sp³-hybridized carbons (Fsp3) is 0.467. The fourth-order valence-electron chi connectivity index (χ4n) is 1.97. The van der Waals surface area contributed by atoms with E-state index in [1.807, 2.05) is 24.3 Å². The first-order valence-electron chi connectivity index (χ1n) is 7.26. The van der Waals surface area contributed by atoms with E-state index >= 15 is 0 Å². The number of piperazine rings is 1. The van der Waals surface area contributed by atoms with E-state index in [4.69, 9.17) is 24.5 Å². The zero-order chi connectivity index (χ0) is 17.1. The minimum atomic E-state index is -1.82. The van der Waals surface area contributed by atoms with Crippen LogP contribution in [-0.4, -0.2) is 66.4 Å². The Labute approximate surface area is 143 Å². The molecular formula is C15H21BrN2O5. The number of benzene rings is 1. The van der Waals surface area contributed by atoms with Crippen molar-refractivity contribution in [2.45, 2.75) is 6.42 Å². The average molecular weight is 389 g/mol. The van der Waals surface area contributed by atoms with Gasteiger partial charge in [-0.15, -0.1) is 0 Å². The molecule has 0 saturated carbocycles. The maximum atomic E-state index is 9.10. The largest absolute Gasteiger partial charge is 0.494 e. The van der Waals surface area contributed by atoms with Gasteiger partial charge in [0.05, 0.1) is 6.61 Å². The second-order valence-corrected chi connectivity index (χ2v) is 5.78. The molecule has 0 radical (unpaired) electrons. The number of carbonyl (C=O) groups is 2. The third-order valence-corrected chi connectivity index (χ3v) is 3.57. The van der Waals surface area contributed by atoms with Gasteiger partial charge in [0.25, 0.3) is 0 Å². The number of hydrogen-bond acceptors (Lipinski definition) is 5. The predicted octanol–water partition coefficient (Wildman–Crippen LogP) is 1.28. The van der Waals surface area contributed by atoms with Crippen LogP contribution in [0.1, 0.15) is 6.42 Å². The zero-order valence-corrected chi connectivity index (χ0v) is 14.3. The molecule has 0 unspecified atom stereocenters. The topological polar surface area (TPSA) is 99.1 Å². The summed E-state index contributed by atoms with van der Waals surface area (Å²) in [6.07, 6.45) is 1.09. The Balaban J connectivity index is 0.000000379. The van der Waals surface area contributed by atoms with Gasteiger partial charge >= 0.3 is 11.9 Å². The molecular weight excluding hydrogens is 368 g/mol. The standard InChI is InChI=1S/C13H19BrN2O.C2H2O4/c14-12-3-1-4-13(11-12)17-10-2-7-16-8-5-15-6-9-16;3-1(4)2(5)6/h1,3-4,11,15H,2,5-10H2;(H,3,4)(H,5,6). The average Bonchev–Trinajstić information content (AvgIpc) is 2.53. The van der Waals surface area contributed by atoms with Crippen molar-refractivity contribution in [3.05, 3.63) is 28.7 Å². The molecule has 0 aromatic heterocycles. The molecule has 0 amide bonds. The number of rotatable bonds is 5. The number of ether oxygens (including phenoxy) is 1. The monoisotopic (exact) mass is 388 g/mol. The number of carboxylic acids is 2. The Morgan fingerprint density at radius 2 is 1.87 bits per heavy atom. The molecule has 1 aromatic rings. The lowest BCUT2D eigenvalue weighted by Crippen LogP contribution is -2.43. The molecule has 7 nitrogen and oxygen atoms in total. The Hall–Kier alpha value is -1.64. The van der Waals surface area contributed by atoms with E-state index in [9.17, 15) is 0 Å². The number of aliphatic carboxylic acids is 2. The number of nitrogens with zero attached hydrogens (tertiary/aromatic N) is 1. The van der Waals surface area contributed by atoms with Crippen LogP contribution in [0.3, 0.4) is 0 Å². The number of hydrogen-bond donors (Lipinski definition) is 3. The summed E-state index contributed by atoms with van der Waals surface area (Å²) in [5.74, 6) is -2.70. The van der Waals surface area contributed by atoms with Crippen LogP contribution in [-0.2, 0) is 9.59 Å². The van der Waals surface area contributed by atoms with Gasteiger partial charge in [0.2, 0.25) is 0 Å². The lowest BCUT2D eigenvalue weighted by molar-refractivity contribution is -0.159. The van der Waals surface area contributed by atoms with Crippen LogP contribution >= 0.6 is 15.9 Å². The van der Waals surface area contributed by atoms with Gasteiger partial charge in [0.1, 0.15) is 5.75 Å². The molecule has 1 aliphatic rings. The van der Waals surface area contributed by atoms with Gasteiger partial charge in [-0.05, 0) is 24.6 Å². The summed E-state index contributed by atoms with van der Waals surface area (Å²) in [4.78, 5) is 20.7. The van der Waals surface area contributed by atoms with Crippen LogP contribution in [0.25, 0.3) is 0 Å². The molecule has 1 aromatic carbocycles. The molecule has 3 N–H and O–H groups in total. The van der Waals surface area contributed by atoms with E-state index in [0.717, 1.165) is 56.0 Å². The molecule has 1 saturated heterocycles. The summed E-state index contributed by atoms with van der Waals surface area (Å²) in [7, 11) is 0. The van der Waals surface area contributed by atoms with Gasteiger partial charge in [-0.3, -0.25) is 0 Å². The van der Waals surface area contributed by atoms with Crippen LogP contribution in [0.2, 0.25) is 0 Å². The lowest BCUT2D eigenvalue weighted by atomic mass is 10.3. The second-order valence-electron chi connectivity index (χ2n) is 4.86. The van der Waals surface area contributed by atoms with Crippen molar-refractivity contribution in [1.29, 1.82) is 0 Å². The smallest absolute Gasteiger partial charge is 0.414 e. The Morgan fingerprint density at radius 1 is 1.22 bits per heavy atom. The first-order chi connectivity index (χ1) is 11.0. The minimum absolute atomic E-state index is 0.792. The van der Waals surface area contributed by atoms with Crippen molar-refractivity contribution in [1.82, 2.24) is 10.2 Å². The maximum Gasteiger partial charge on any atom is 0.414 e. The van der Waals surface area contributed by atoms with Gasteiger partial charge in [-0.2, -0.15) is 0 Å². The van der Waals surface area contributed by atoms with Gasteiger partial charge < -0.3 is 25.2 Å². The first kappa shape index (κ1) is 19.4. The molecule has 1 heterocycles. The van der Waals surface area contributed by atoms with Crippen molar-refractivity contribution < 1.29 is 24.5 Å². The van der Waals surface area contributed by atoms with Crippen LogP contribution in [0.15, 0.2) is 28.7 Å². The maximum absolute atomic E-state index is 9.10. The van der Waals surface area contributed by atoms with Crippen LogP contribution in [0, 0.1) is 0 Å². The molecule has 0 bridgehead atoms. The molecule has 0 spiro atoms. The van der Waals surface area contributed by atoms with Crippen LogP contribution < -0.4 is 10.1 Å². The van der Waals surface area contributed by atoms with E-state index in [1.165, 1.54) is 0 Å². The Kier molecular flexibility index (Phi) is 9.27.